The molecule has 0 saturated heterocycles. The number of halogens is 1. The van der Waals surface area contributed by atoms with E-state index in [9.17, 15) is 4.79 Å². The fourth-order valence-electron chi connectivity index (χ4n) is 3.28. The molecule has 0 spiro atoms. The van der Waals surface area contributed by atoms with Crippen molar-refractivity contribution in [3.8, 4) is 0 Å². The minimum atomic E-state index is 0.233. The number of carbonyl (C=O) groups excluding carboxylic acids is 1. The van der Waals surface area contributed by atoms with E-state index in [1.54, 1.807) is 0 Å². The molecule has 1 aromatic rings. The molecule has 1 aliphatic carbocycles. The van der Waals surface area contributed by atoms with Crippen molar-refractivity contribution < 1.29 is 4.79 Å². The van der Waals surface area contributed by atoms with E-state index in [0.717, 1.165) is 22.5 Å². The van der Waals surface area contributed by atoms with E-state index in [0.29, 0.717) is 12.5 Å². The minimum absolute atomic E-state index is 0.233. The first-order chi connectivity index (χ1) is 10.1. The van der Waals surface area contributed by atoms with Crippen molar-refractivity contribution in [1.29, 1.82) is 0 Å². The van der Waals surface area contributed by atoms with Gasteiger partial charge in [0.2, 0.25) is 0 Å². The topological polar surface area (TPSA) is 20.3 Å². The monoisotopic (exact) mass is 351 g/mol. The van der Waals surface area contributed by atoms with Crippen LogP contribution in [0.25, 0.3) is 0 Å². The van der Waals surface area contributed by atoms with Crippen LogP contribution in [0.4, 0.5) is 0 Å². The van der Waals surface area contributed by atoms with Crippen molar-refractivity contribution in [3.63, 3.8) is 0 Å². The van der Waals surface area contributed by atoms with Crippen LogP contribution in [-0.2, 0) is 0 Å². The van der Waals surface area contributed by atoms with Gasteiger partial charge in [-0.25, -0.2) is 0 Å². The zero-order chi connectivity index (χ0) is 15.2. The standard InChI is InChI=1S/C18H26BrNO/c1-3-14-8-10-15(11-9-14)20(2)13-12-18(21)16-6-4-5-7-17(16)19/h4-7,14-15H,3,8-13H2,1-2H3. The average Bonchev–Trinajstić information content (AvgIpc) is 2.52. The van der Waals surface area contributed by atoms with Gasteiger partial charge < -0.3 is 4.90 Å². The third-order valence-electron chi connectivity index (χ3n) is 4.88. The summed E-state index contributed by atoms with van der Waals surface area (Å²) >= 11 is 3.46. The number of ketones is 1. The first-order valence-corrected chi connectivity index (χ1v) is 8.89. The molecule has 0 N–H and O–H groups in total. The molecule has 1 fully saturated rings. The predicted octanol–water partition coefficient (Wildman–Crippen LogP) is 4.92. The van der Waals surface area contributed by atoms with Crippen LogP contribution < -0.4 is 0 Å². The first-order valence-electron chi connectivity index (χ1n) is 8.09. The van der Waals surface area contributed by atoms with E-state index in [1.807, 2.05) is 24.3 Å². The second-order valence-electron chi connectivity index (χ2n) is 6.22. The van der Waals surface area contributed by atoms with Crippen molar-refractivity contribution >= 4 is 21.7 Å². The highest BCUT2D eigenvalue weighted by molar-refractivity contribution is 9.10. The lowest BCUT2D eigenvalue weighted by atomic mass is 9.84. The second-order valence-corrected chi connectivity index (χ2v) is 7.07. The van der Waals surface area contributed by atoms with Gasteiger partial charge in [-0.2, -0.15) is 0 Å². The molecule has 3 heteroatoms. The third-order valence-corrected chi connectivity index (χ3v) is 5.57. The Morgan fingerprint density at radius 2 is 1.90 bits per heavy atom. The summed E-state index contributed by atoms with van der Waals surface area (Å²) in [5.74, 6) is 1.16. The van der Waals surface area contributed by atoms with Gasteiger partial charge in [0.15, 0.2) is 5.78 Å². The number of hydrogen-bond acceptors (Lipinski definition) is 2. The first kappa shape index (κ1) is 16.7. The van der Waals surface area contributed by atoms with E-state index >= 15 is 0 Å². The average molecular weight is 352 g/mol. The Kier molecular flexibility index (Phi) is 6.43. The van der Waals surface area contributed by atoms with Crippen molar-refractivity contribution in [2.24, 2.45) is 5.92 Å². The lowest BCUT2D eigenvalue weighted by molar-refractivity contribution is 0.0945. The van der Waals surface area contributed by atoms with Crippen LogP contribution in [-0.4, -0.2) is 30.3 Å². The van der Waals surface area contributed by atoms with Gasteiger partial charge in [0.25, 0.3) is 0 Å². The molecule has 0 aliphatic heterocycles. The van der Waals surface area contributed by atoms with Crippen molar-refractivity contribution in [2.45, 2.75) is 51.5 Å². The summed E-state index contributed by atoms with van der Waals surface area (Å²) in [7, 11) is 2.17. The van der Waals surface area contributed by atoms with Crippen LogP contribution in [0.15, 0.2) is 28.7 Å². The number of nitrogens with zero attached hydrogens (tertiary/aromatic N) is 1. The molecule has 2 nitrogen and oxygen atoms in total. The largest absolute Gasteiger partial charge is 0.303 e. The Bertz CT molecular complexity index is 466. The molecule has 0 aromatic heterocycles. The van der Waals surface area contributed by atoms with E-state index in [2.05, 4.69) is 34.8 Å². The number of hydrogen-bond donors (Lipinski definition) is 0. The molecule has 21 heavy (non-hydrogen) atoms. The fourth-order valence-corrected chi connectivity index (χ4v) is 3.78. The zero-order valence-electron chi connectivity index (χ0n) is 13.1. The highest BCUT2D eigenvalue weighted by atomic mass is 79.9. The molecule has 1 aromatic carbocycles. The zero-order valence-corrected chi connectivity index (χ0v) is 14.7. The molecule has 0 atom stereocenters. The lowest BCUT2D eigenvalue weighted by Crippen LogP contribution is -2.36. The molecule has 0 amide bonds. The van der Waals surface area contributed by atoms with Gasteiger partial charge in [-0.05, 0) is 44.7 Å². The SMILES string of the molecule is CCC1CCC(N(C)CCC(=O)c2ccccc2Br)CC1. The van der Waals surface area contributed by atoms with Crippen LogP contribution in [0.5, 0.6) is 0 Å². The van der Waals surface area contributed by atoms with Crippen LogP contribution in [0, 0.1) is 5.92 Å². The lowest BCUT2D eigenvalue weighted by Gasteiger charge is -2.34. The maximum Gasteiger partial charge on any atom is 0.165 e. The van der Waals surface area contributed by atoms with Gasteiger partial charge in [-0.15, -0.1) is 0 Å². The Labute approximate surface area is 137 Å². The summed E-state index contributed by atoms with van der Waals surface area (Å²) in [4.78, 5) is 14.7. The Hall–Kier alpha value is -0.670. The minimum Gasteiger partial charge on any atom is -0.303 e. The van der Waals surface area contributed by atoms with E-state index in [-0.39, 0.29) is 5.78 Å². The Balaban J connectivity index is 1.80. The van der Waals surface area contributed by atoms with E-state index in [4.69, 9.17) is 0 Å². The highest BCUT2D eigenvalue weighted by Crippen LogP contribution is 2.29. The molecule has 0 bridgehead atoms. The van der Waals surface area contributed by atoms with Gasteiger partial charge in [-0.1, -0.05) is 47.5 Å². The summed E-state index contributed by atoms with van der Waals surface area (Å²) in [5.41, 5.74) is 0.806. The van der Waals surface area contributed by atoms with Gasteiger partial charge in [0, 0.05) is 29.0 Å². The molecule has 1 aliphatic rings. The van der Waals surface area contributed by atoms with Gasteiger partial charge in [0.05, 0.1) is 0 Å². The highest BCUT2D eigenvalue weighted by Gasteiger charge is 2.23. The molecule has 0 unspecified atom stereocenters. The van der Waals surface area contributed by atoms with Crippen LogP contribution in [0.2, 0.25) is 0 Å². The van der Waals surface area contributed by atoms with Crippen molar-refractivity contribution in [2.75, 3.05) is 13.6 Å². The molecule has 116 valence electrons. The smallest absolute Gasteiger partial charge is 0.165 e. The van der Waals surface area contributed by atoms with Gasteiger partial charge in [-0.3, -0.25) is 4.79 Å². The number of rotatable bonds is 6. The summed E-state index contributed by atoms with van der Waals surface area (Å²) in [5, 5.41) is 0. The maximum atomic E-state index is 12.3. The maximum absolute atomic E-state index is 12.3. The molecule has 0 radical (unpaired) electrons. The summed E-state index contributed by atoms with van der Waals surface area (Å²) in [6.45, 7) is 3.16. The summed E-state index contributed by atoms with van der Waals surface area (Å²) in [6, 6.07) is 8.37. The van der Waals surface area contributed by atoms with Crippen LogP contribution in [0.1, 0.15) is 55.8 Å². The Morgan fingerprint density at radius 3 is 2.52 bits per heavy atom. The summed E-state index contributed by atoms with van der Waals surface area (Å²) in [6.07, 6.45) is 7.20. The van der Waals surface area contributed by atoms with Crippen LogP contribution in [0.3, 0.4) is 0 Å². The molecular weight excluding hydrogens is 326 g/mol. The number of benzene rings is 1. The van der Waals surface area contributed by atoms with Crippen LogP contribution >= 0.6 is 15.9 Å². The van der Waals surface area contributed by atoms with Crippen molar-refractivity contribution in [3.05, 3.63) is 34.3 Å². The molecule has 2 rings (SSSR count). The third kappa shape index (κ3) is 4.65. The van der Waals surface area contributed by atoms with E-state index < -0.39 is 0 Å². The summed E-state index contributed by atoms with van der Waals surface area (Å²) < 4.78 is 0.904. The predicted molar refractivity (Wildman–Crippen MR) is 91.8 cm³/mol. The number of Topliss-reactive ketones (excluding diaryl/α,β-unsaturated/α-hetero) is 1. The molecular formula is C18H26BrNO. The van der Waals surface area contributed by atoms with Crippen molar-refractivity contribution in [1.82, 2.24) is 4.90 Å². The van der Waals surface area contributed by atoms with Gasteiger partial charge >= 0.3 is 0 Å². The number of carbonyl (C=O) groups is 1. The molecule has 1 saturated carbocycles. The van der Waals surface area contributed by atoms with Gasteiger partial charge in [0.1, 0.15) is 0 Å². The quantitative estimate of drug-likeness (QED) is 0.677. The normalized spacial score (nSPS) is 22.5. The second kappa shape index (κ2) is 8.09. The van der Waals surface area contributed by atoms with E-state index in [1.165, 1.54) is 32.1 Å². The fraction of sp³-hybridized carbons (Fsp3) is 0.611. The molecule has 0 heterocycles. The Morgan fingerprint density at radius 1 is 1.24 bits per heavy atom.